The number of rotatable bonds is 8. The van der Waals surface area contributed by atoms with E-state index in [0.717, 1.165) is 25.7 Å². The van der Waals surface area contributed by atoms with Crippen molar-refractivity contribution in [2.24, 2.45) is 22.7 Å². The number of halogens is 1. The van der Waals surface area contributed by atoms with E-state index in [1.807, 2.05) is 12.1 Å². The SMILES string of the molecule is CC(=O)O[C@@H]1CC[C@]2(C)[C@H](CC[C@]3(CNc4ccccc4F)O[C@H](C4=CCOC4=O)C[C@H]32)[C@]1(C)CO[Si](C)(C)C(C)(C)C. The molecule has 1 aromatic carbocycles. The van der Waals surface area contributed by atoms with Crippen LogP contribution in [0.1, 0.15) is 73.6 Å². The van der Waals surface area contributed by atoms with Gasteiger partial charge in [0.2, 0.25) is 0 Å². The third kappa shape index (κ3) is 5.70. The van der Waals surface area contributed by atoms with E-state index >= 15 is 0 Å². The topological polar surface area (TPSA) is 83.1 Å². The smallest absolute Gasteiger partial charge is 0.336 e. The Balaban J connectivity index is 1.51. The molecule has 5 rings (SSSR count). The Morgan fingerprint density at radius 2 is 1.86 bits per heavy atom. The van der Waals surface area contributed by atoms with Crippen molar-refractivity contribution in [2.75, 3.05) is 25.1 Å². The molecule has 1 N–H and O–H groups in total. The molecule has 0 unspecified atom stereocenters. The monoisotopic (exact) mass is 615 g/mol. The summed E-state index contributed by atoms with van der Waals surface area (Å²) in [4.78, 5) is 25.0. The van der Waals surface area contributed by atoms with Crippen LogP contribution in [-0.2, 0) is 28.2 Å². The number of carbonyl (C=O) groups is 2. The molecule has 0 bridgehead atoms. The lowest BCUT2D eigenvalue weighted by molar-refractivity contribution is -0.209. The summed E-state index contributed by atoms with van der Waals surface area (Å²) in [5.41, 5.74) is -0.145. The van der Waals surface area contributed by atoms with Crippen molar-refractivity contribution in [1.82, 2.24) is 0 Å². The largest absolute Gasteiger partial charge is 0.462 e. The highest BCUT2D eigenvalue weighted by Crippen LogP contribution is 2.67. The Hall–Kier alpha value is -2.23. The summed E-state index contributed by atoms with van der Waals surface area (Å²) >= 11 is 0. The van der Waals surface area contributed by atoms with Gasteiger partial charge in [-0.2, -0.15) is 0 Å². The second-order valence-corrected chi connectivity index (χ2v) is 20.1. The van der Waals surface area contributed by atoms with Gasteiger partial charge in [0.1, 0.15) is 18.5 Å². The minimum absolute atomic E-state index is 0.0501. The zero-order valence-electron chi connectivity index (χ0n) is 27.2. The third-order valence-corrected chi connectivity index (χ3v) is 16.3. The summed E-state index contributed by atoms with van der Waals surface area (Å²) in [5.74, 6) is -0.593. The maximum Gasteiger partial charge on any atom is 0.336 e. The Labute approximate surface area is 257 Å². The van der Waals surface area contributed by atoms with Gasteiger partial charge in [-0.05, 0) is 85.7 Å². The van der Waals surface area contributed by atoms with Crippen LogP contribution < -0.4 is 5.32 Å². The molecule has 4 aliphatic rings. The van der Waals surface area contributed by atoms with E-state index in [1.54, 1.807) is 12.1 Å². The number of anilines is 1. The number of ether oxygens (including phenoxy) is 3. The zero-order valence-corrected chi connectivity index (χ0v) is 28.2. The molecule has 7 atom stereocenters. The van der Waals surface area contributed by atoms with Crippen LogP contribution >= 0.6 is 0 Å². The van der Waals surface area contributed by atoms with Crippen LogP contribution in [0.3, 0.4) is 0 Å². The normalized spacial score (nSPS) is 35.9. The van der Waals surface area contributed by atoms with Gasteiger partial charge in [0.15, 0.2) is 8.32 Å². The molecule has 2 saturated carbocycles. The fourth-order valence-electron chi connectivity index (χ4n) is 8.40. The highest BCUT2D eigenvalue weighted by Gasteiger charge is 2.67. The Kier molecular flexibility index (Phi) is 8.44. The number of nitrogens with one attached hydrogen (secondary N) is 1. The van der Waals surface area contributed by atoms with Crippen LogP contribution in [0.25, 0.3) is 0 Å². The standard InChI is InChI=1S/C34H50FNO6Si/c1-22(37)41-29-14-16-32(5)27(33(29,6)21-40-43(7,8)31(2,3)4)13-17-34(20-36-25-12-10-9-11-24(25)35)28(32)19-26(42-34)23-15-18-39-30(23)38/h9-12,15,26-29,36H,13-14,16-21H2,1-8H3/t26-,27-,28-,29+,32+,33-,34+/m0/s1. The van der Waals surface area contributed by atoms with E-state index in [2.05, 4.69) is 53.0 Å². The van der Waals surface area contributed by atoms with Crippen molar-refractivity contribution < 1.29 is 32.6 Å². The lowest BCUT2D eigenvalue weighted by Gasteiger charge is -2.63. The molecule has 1 saturated heterocycles. The first kappa shape index (κ1) is 32.2. The van der Waals surface area contributed by atoms with Crippen molar-refractivity contribution in [2.45, 2.75) is 110 Å². The molecule has 9 heteroatoms. The average Bonchev–Trinajstić information content (AvgIpc) is 3.52. The van der Waals surface area contributed by atoms with Gasteiger partial charge in [-0.3, -0.25) is 4.79 Å². The van der Waals surface area contributed by atoms with E-state index in [-0.39, 0.29) is 58.9 Å². The Bertz CT molecular complexity index is 1280. The predicted octanol–water partition coefficient (Wildman–Crippen LogP) is 7.03. The second kappa shape index (κ2) is 11.3. The Morgan fingerprint density at radius 3 is 2.49 bits per heavy atom. The number of carbonyl (C=O) groups excluding carboxylic acids is 2. The van der Waals surface area contributed by atoms with E-state index < -0.39 is 19.3 Å². The molecule has 238 valence electrons. The van der Waals surface area contributed by atoms with Gasteiger partial charge in [-0.25, -0.2) is 9.18 Å². The molecule has 0 amide bonds. The molecule has 3 fully saturated rings. The molecule has 7 nitrogen and oxygen atoms in total. The van der Waals surface area contributed by atoms with E-state index in [1.165, 1.54) is 13.0 Å². The van der Waals surface area contributed by atoms with Crippen LogP contribution in [0.4, 0.5) is 10.1 Å². The lowest BCUT2D eigenvalue weighted by Crippen LogP contribution is -2.64. The maximum atomic E-state index is 14.7. The highest BCUT2D eigenvalue weighted by molar-refractivity contribution is 6.74. The minimum atomic E-state index is -2.09. The van der Waals surface area contributed by atoms with Crippen molar-refractivity contribution in [1.29, 1.82) is 0 Å². The summed E-state index contributed by atoms with van der Waals surface area (Å²) in [5, 5.41) is 3.42. The van der Waals surface area contributed by atoms with Crippen molar-refractivity contribution in [3.8, 4) is 0 Å². The lowest BCUT2D eigenvalue weighted by atomic mass is 9.44. The first-order valence-corrected chi connectivity index (χ1v) is 18.8. The quantitative estimate of drug-likeness (QED) is 0.248. The van der Waals surface area contributed by atoms with E-state index in [4.69, 9.17) is 18.6 Å². The highest BCUT2D eigenvalue weighted by atomic mass is 28.4. The summed E-state index contributed by atoms with van der Waals surface area (Å²) in [6, 6.07) is 6.71. The average molecular weight is 616 g/mol. The van der Waals surface area contributed by atoms with Gasteiger partial charge in [-0.15, -0.1) is 0 Å². The molecule has 0 spiro atoms. The molecule has 43 heavy (non-hydrogen) atoms. The summed E-state index contributed by atoms with van der Waals surface area (Å²) in [6.07, 6.45) is 5.07. The second-order valence-electron chi connectivity index (χ2n) is 15.3. The van der Waals surface area contributed by atoms with Crippen LogP contribution in [0, 0.1) is 28.5 Å². The van der Waals surface area contributed by atoms with Gasteiger partial charge in [0, 0.05) is 25.5 Å². The molecule has 1 aromatic rings. The first-order chi connectivity index (χ1) is 20.0. The Morgan fingerprint density at radius 1 is 1.14 bits per heavy atom. The van der Waals surface area contributed by atoms with Gasteiger partial charge in [0.25, 0.3) is 0 Å². The first-order valence-electron chi connectivity index (χ1n) is 15.9. The third-order valence-electron chi connectivity index (χ3n) is 11.8. The van der Waals surface area contributed by atoms with Gasteiger partial charge in [-0.1, -0.05) is 46.8 Å². The molecule has 0 aromatic heterocycles. The van der Waals surface area contributed by atoms with Crippen LogP contribution in [-0.4, -0.2) is 57.8 Å². The van der Waals surface area contributed by atoms with Crippen LogP contribution in [0.5, 0.6) is 0 Å². The molecule has 2 aliphatic carbocycles. The molecule has 2 heterocycles. The van der Waals surface area contributed by atoms with Gasteiger partial charge in [0.05, 0.1) is 23.0 Å². The number of benzene rings is 1. The molecule has 0 radical (unpaired) electrons. The summed E-state index contributed by atoms with van der Waals surface area (Å²) < 4.78 is 39.9. The number of fused-ring (bicyclic) bond motifs is 3. The summed E-state index contributed by atoms with van der Waals surface area (Å²) in [6.45, 7) is 18.6. The molecular formula is C34H50FNO6Si. The number of para-hydroxylation sites is 1. The van der Waals surface area contributed by atoms with Gasteiger partial charge < -0.3 is 24.0 Å². The molecule has 2 aliphatic heterocycles. The number of cyclic esters (lactones) is 1. The van der Waals surface area contributed by atoms with Gasteiger partial charge >= 0.3 is 11.9 Å². The zero-order chi connectivity index (χ0) is 31.4. The number of hydrogen-bond acceptors (Lipinski definition) is 7. The fourth-order valence-corrected chi connectivity index (χ4v) is 9.51. The molecular weight excluding hydrogens is 565 g/mol. The summed E-state index contributed by atoms with van der Waals surface area (Å²) in [7, 11) is -2.09. The van der Waals surface area contributed by atoms with Crippen molar-refractivity contribution in [3.63, 3.8) is 0 Å². The fraction of sp³-hybridized carbons (Fsp3) is 0.706. The number of esters is 2. The van der Waals surface area contributed by atoms with Crippen molar-refractivity contribution >= 4 is 25.9 Å². The maximum absolute atomic E-state index is 14.7. The van der Waals surface area contributed by atoms with E-state index in [0.29, 0.717) is 30.8 Å². The minimum Gasteiger partial charge on any atom is -0.462 e. The van der Waals surface area contributed by atoms with Crippen molar-refractivity contribution in [3.05, 3.63) is 41.7 Å². The predicted molar refractivity (Wildman–Crippen MR) is 167 cm³/mol. The van der Waals surface area contributed by atoms with Crippen LogP contribution in [0.2, 0.25) is 18.1 Å². The van der Waals surface area contributed by atoms with E-state index in [9.17, 15) is 14.0 Å². The number of hydrogen-bond donors (Lipinski definition) is 1. The van der Waals surface area contributed by atoms with Crippen LogP contribution in [0.15, 0.2) is 35.9 Å².